The van der Waals surface area contributed by atoms with E-state index < -0.39 is 0 Å². The third kappa shape index (κ3) is 3.38. The Morgan fingerprint density at radius 2 is 1.48 bits per heavy atom. The second kappa shape index (κ2) is 6.86. The Kier molecular flexibility index (Phi) is 4.53. The lowest BCUT2D eigenvalue weighted by molar-refractivity contribution is -0.117. The molecule has 0 radical (unpaired) electrons. The predicted octanol–water partition coefficient (Wildman–Crippen LogP) is 5.90. The van der Waals surface area contributed by atoms with Crippen molar-refractivity contribution in [2.45, 2.75) is 25.7 Å². The minimum Gasteiger partial charge on any atom is -0.326 e. The number of aryl methyl sites for hydroxylation is 2. The van der Waals surface area contributed by atoms with Crippen LogP contribution in [-0.4, -0.2) is 5.91 Å². The van der Waals surface area contributed by atoms with Gasteiger partial charge in [0.1, 0.15) is 0 Å². The Labute approximate surface area is 165 Å². The molecule has 1 amide bonds. The Bertz CT molecular complexity index is 948. The zero-order chi connectivity index (χ0) is 19.0. The summed E-state index contributed by atoms with van der Waals surface area (Å²) in [7, 11) is 0. The van der Waals surface area contributed by atoms with Crippen molar-refractivity contribution in [2.75, 3.05) is 5.32 Å². The highest BCUT2D eigenvalue weighted by molar-refractivity contribution is 6.30. The quantitative estimate of drug-likeness (QED) is 0.604. The molecule has 4 rings (SSSR count). The van der Waals surface area contributed by atoms with E-state index in [4.69, 9.17) is 11.6 Å². The number of carbonyl (C=O) groups excluding carboxylic acids is 1. The van der Waals surface area contributed by atoms with Gasteiger partial charge < -0.3 is 5.32 Å². The molecule has 1 atom stereocenters. The molecule has 0 spiro atoms. The summed E-state index contributed by atoms with van der Waals surface area (Å²) in [6.07, 6.45) is 0.819. The van der Waals surface area contributed by atoms with E-state index in [1.807, 2.05) is 12.1 Å². The molecule has 0 aromatic heterocycles. The Balaban J connectivity index is 1.69. The van der Waals surface area contributed by atoms with Crippen LogP contribution in [0.1, 0.15) is 28.7 Å². The number of amides is 1. The van der Waals surface area contributed by atoms with E-state index in [0.717, 1.165) is 12.1 Å². The van der Waals surface area contributed by atoms with Crippen molar-refractivity contribution in [1.82, 2.24) is 0 Å². The van der Waals surface area contributed by atoms with Crippen molar-refractivity contribution in [3.05, 3.63) is 100 Å². The first-order chi connectivity index (χ1) is 13.0. The fourth-order valence-electron chi connectivity index (χ4n) is 3.99. The third-order valence-corrected chi connectivity index (χ3v) is 5.71. The van der Waals surface area contributed by atoms with Crippen LogP contribution in [0.4, 0.5) is 5.69 Å². The van der Waals surface area contributed by atoms with Crippen LogP contribution >= 0.6 is 11.6 Å². The summed E-state index contributed by atoms with van der Waals surface area (Å²) >= 11 is 5.95. The van der Waals surface area contributed by atoms with Gasteiger partial charge in [-0.1, -0.05) is 71.3 Å². The maximum absolute atomic E-state index is 13.0. The monoisotopic (exact) mass is 375 g/mol. The number of carbonyl (C=O) groups is 1. The maximum atomic E-state index is 13.0. The van der Waals surface area contributed by atoms with Gasteiger partial charge in [0.15, 0.2) is 0 Å². The van der Waals surface area contributed by atoms with E-state index in [0.29, 0.717) is 5.02 Å². The van der Waals surface area contributed by atoms with Crippen molar-refractivity contribution >= 4 is 23.2 Å². The molecule has 27 heavy (non-hydrogen) atoms. The Morgan fingerprint density at radius 3 is 2.00 bits per heavy atom. The number of nitrogens with one attached hydrogen (secondary N) is 1. The maximum Gasteiger partial charge on any atom is 0.228 e. The minimum absolute atomic E-state index is 0.0559. The number of hydrogen-bond donors (Lipinski definition) is 1. The fraction of sp³-hybridized carbons (Fsp3) is 0.208. The summed E-state index contributed by atoms with van der Waals surface area (Å²) < 4.78 is 0. The van der Waals surface area contributed by atoms with E-state index in [1.54, 1.807) is 12.1 Å². The largest absolute Gasteiger partial charge is 0.326 e. The van der Waals surface area contributed by atoms with Crippen molar-refractivity contribution in [3.63, 3.8) is 0 Å². The molecule has 3 aromatic rings. The first kappa shape index (κ1) is 17.8. The lowest BCUT2D eigenvalue weighted by atomic mass is 9.84. The molecule has 0 heterocycles. The standard InChI is InChI=1S/C24H22ClNO/c1-16-5-3-7-18(13-16)24(19-8-4-6-17(2)14-19)15-22(24)23(27)26-21-11-9-20(25)10-12-21/h3-14,22H,15H2,1-2H3,(H,26,27)/t22-/m0/s1. The smallest absolute Gasteiger partial charge is 0.228 e. The first-order valence-electron chi connectivity index (χ1n) is 9.20. The van der Waals surface area contributed by atoms with Gasteiger partial charge in [-0.3, -0.25) is 4.79 Å². The van der Waals surface area contributed by atoms with Gasteiger partial charge in [-0.05, 0) is 55.7 Å². The van der Waals surface area contributed by atoms with Crippen molar-refractivity contribution in [1.29, 1.82) is 0 Å². The lowest BCUT2D eigenvalue weighted by Gasteiger charge is -2.20. The van der Waals surface area contributed by atoms with Gasteiger partial charge in [0, 0.05) is 16.1 Å². The minimum atomic E-state index is -0.255. The summed E-state index contributed by atoms with van der Waals surface area (Å²) in [6.45, 7) is 4.19. The topological polar surface area (TPSA) is 29.1 Å². The molecule has 0 unspecified atom stereocenters. The van der Waals surface area contributed by atoms with E-state index >= 15 is 0 Å². The average Bonchev–Trinajstić information content (AvgIpc) is 3.41. The molecule has 3 heteroatoms. The molecule has 0 aliphatic heterocycles. The molecular weight excluding hydrogens is 354 g/mol. The van der Waals surface area contributed by atoms with E-state index in [9.17, 15) is 4.79 Å². The lowest BCUT2D eigenvalue weighted by Crippen LogP contribution is -2.22. The molecule has 0 saturated heterocycles. The zero-order valence-corrected chi connectivity index (χ0v) is 16.3. The fourth-order valence-corrected chi connectivity index (χ4v) is 4.12. The van der Waals surface area contributed by atoms with Crippen molar-refractivity contribution < 1.29 is 4.79 Å². The molecule has 1 aliphatic rings. The highest BCUT2D eigenvalue weighted by Gasteiger charge is 2.60. The number of benzene rings is 3. The summed E-state index contributed by atoms with van der Waals surface area (Å²) in [5.41, 5.74) is 5.37. The number of hydrogen-bond acceptors (Lipinski definition) is 1. The van der Waals surface area contributed by atoms with Gasteiger partial charge in [0.25, 0.3) is 0 Å². The second-order valence-electron chi connectivity index (χ2n) is 7.46. The summed E-state index contributed by atoms with van der Waals surface area (Å²) in [4.78, 5) is 13.0. The normalized spacial score (nSPS) is 17.4. The van der Waals surface area contributed by atoms with Gasteiger partial charge in [-0.15, -0.1) is 0 Å². The zero-order valence-electron chi connectivity index (χ0n) is 15.5. The van der Waals surface area contributed by atoms with Gasteiger partial charge >= 0.3 is 0 Å². The molecular formula is C24H22ClNO. The predicted molar refractivity (Wildman–Crippen MR) is 111 cm³/mol. The van der Waals surface area contributed by atoms with Crippen molar-refractivity contribution in [2.24, 2.45) is 5.92 Å². The van der Waals surface area contributed by atoms with Gasteiger partial charge in [0.05, 0.1) is 5.92 Å². The molecule has 1 N–H and O–H groups in total. The molecule has 1 saturated carbocycles. The van der Waals surface area contributed by atoms with Crippen LogP contribution in [-0.2, 0) is 10.2 Å². The summed E-state index contributed by atoms with van der Waals surface area (Å²) in [5, 5.41) is 3.72. The highest BCUT2D eigenvalue weighted by atomic mass is 35.5. The Hall–Kier alpha value is -2.58. The summed E-state index contributed by atoms with van der Waals surface area (Å²) in [5.74, 6) is -0.0305. The van der Waals surface area contributed by atoms with Crippen LogP contribution in [0.15, 0.2) is 72.8 Å². The first-order valence-corrected chi connectivity index (χ1v) is 9.57. The second-order valence-corrected chi connectivity index (χ2v) is 7.90. The van der Waals surface area contributed by atoms with Gasteiger partial charge in [0.2, 0.25) is 5.91 Å². The number of halogens is 1. The van der Waals surface area contributed by atoms with Crippen LogP contribution in [0.5, 0.6) is 0 Å². The molecule has 3 aromatic carbocycles. The van der Waals surface area contributed by atoms with E-state index in [2.05, 4.69) is 67.7 Å². The van der Waals surface area contributed by atoms with E-state index in [-0.39, 0.29) is 17.2 Å². The molecule has 2 nitrogen and oxygen atoms in total. The molecule has 136 valence electrons. The Morgan fingerprint density at radius 1 is 0.926 bits per heavy atom. The highest BCUT2D eigenvalue weighted by Crippen LogP contribution is 2.59. The van der Waals surface area contributed by atoms with Crippen molar-refractivity contribution in [3.8, 4) is 0 Å². The average molecular weight is 376 g/mol. The van der Waals surface area contributed by atoms with Crippen LogP contribution in [0.25, 0.3) is 0 Å². The van der Waals surface area contributed by atoms with Gasteiger partial charge in [-0.2, -0.15) is 0 Å². The molecule has 1 fully saturated rings. The van der Waals surface area contributed by atoms with Gasteiger partial charge in [-0.25, -0.2) is 0 Å². The van der Waals surface area contributed by atoms with E-state index in [1.165, 1.54) is 22.3 Å². The van der Waals surface area contributed by atoms with Crippen LogP contribution in [0, 0.1) is 19.8 Å². The molecule has 1 aliphatic carbocycles. The SMILES string of the molecule is Cc1cccc(C2(c3cccc(C)c3)C[C@H]2C(=O)Nc2ccc(Cl)cc2)c1. The summed E-state index contributed by atoms with van der Waals surface area (Å²) in [6, 6.07) is 24.3. The van der Waals surface area contributed by atoms with Crippen LogP contribution in [0.3, 0.4) is 0 Å². The van der Waals surface area contributed by atoms with Crippen LogP contribution in [0.2, 0.25) is 5.02 Å². The van der Waals surface area contributed by atoms with Crippen LogP contribution < -0.4 is 5.32 Å². The third-order valence-electron chi connectivity index (χ3n) is 5.46. The molecule has 0 bridgehead atoms. The number of rotatable bonds is 4. The number of anilines is 1.